The first-order valence-electron chi connectivity index (χ1n) is 6.35. The molecule has 1 heterocycles. The Morgan fingerprint density at radius 3 is 2.65 bits per heavy atom. The summed E-state index contributed by atoms with van der Waals surface area (Å²) in [7, 11) is 0. The van der Waals surface area contributed by atoms with E-state index in [0.717, 1.165) is 24.9 Å². The molecule has 3 nitrogen and oxygen atoms in total. The van der Waals surface area contributed by atoms with Gasteiger partial charge < -0.3 is 11.1 Å². The molecular weight excluding hydrogens is 210 g/mol. The highest BCUT2D eigenvalue weighted by Gasteiger charge is 2.19. The third kappa shape index (κ3) is 5.18. The Hall–Kier alpha value is -1.09. The normalized spacial score (nSPS) is 13.6. The largest absolute Gasteiger partial charge is 0.383 e. The Labute approximate surface area is 105 Å². The minimum Gasteiger partial charge on any atom is -0.383 e. The number of aromatic nitrogens is 1. The molecule has 3 N–H and O–H groups in total. The van der Waals surface area contributed by atoms with Gasteiger partial charge in [-0.3, -0.25) is 0 Å². The van der Waals surface area contributed by atoms with Crippen LogP contribution in [0.4, 0.5) is 5.82 Å². The first kappa shape index (κ1) is 14.0. The van der Waals surface area contributed by atoms with Gasteiger partial charge in [0.15, 0.2) is 0 Å². The lowest BCUT2D eigenvalue weighted by Crippen LogP contribution is -2.34. The molecule has 0 aliphatic heterocycles. The molecular formula is C14H25N3. The van der Waals surface area contributed by atoms with Crippen LogP contribution >= 0.6 is 0 Å². The molecule has 17 heavy (non-hydrogen) atoms. The topological polar surface area (TPSA) is 50.9 Å². The summed E-state index contributed by atoms with van der Waals surface area (Å²) in [6, 6.07) is 4.48. The number of anilines is 1. The zero-order valence-corrected chi connectivity index (χ0v) is 11.5. The monoisotopic (exact) mass is 235 g/mol. The van der Waals surface area contributed by atoms with Crippen molar-refractivity contribution in [3.63, 3.8) is 0 Å². The van der Waals surface area contributed by atoms with Gasteiger partial charge in [-0.1, -0.05) is 33.8 Å². The summed E-state index contributed by atoms with van der Waals surface area (Å²) in [5.41, 5.74) is 7.35. The van der Waals surface area contributed by atoms with Gasteiger partial charge in [-0.25, -0.2) is 4.98 Å². The summed E-state index contributed by atoms with van der Waals surface area (Å²) < 4.78 is 0. The van der Waals surface area contributed by atoms with Crippen LogP contribution in [0.3, 0.4) is 0 Å². The lowest BCUT2D eigenvalue weighted by atomic mass is 9.86. The summed E-state index contributed by atoms with van der Waals surface area (Å²) in [6.45, 7) is 9.93. The zero-order chi connectivity index (χ0) is 12.9. The molecule has 0 aliphatic carbocycles. The van der Waals surface area contributed by atoms with E-state index in [9.17, 15) is 0 Å². The van der Waals surface area contributed by atoms with Crippen molar-refractivity contribution in [3.05, 3.63) is 23.9 Å². The Morgan fingerprint density at radius 2 is 2.12 bits per heavy atom. The molecule has 1 unspecified atom stereocenters. The molecule has 0 aliphatic rings. The third-order valence-electron chi connectivity index (χ3n) is 2.74. The fourth-order valence-electron chi connectivity index (χ4n) is 2.13. The molecule has 0 saturated carbocycles. The lowest BCUT2D eigenvalue weighted by molar-refractivity contribution is 0.309. The van der Waals surface area contributed by atoms with Gasteiger partial charge in [0, 0.05) is 12.2 Å². The molecule has 0 radical (unpaired) electrons. The van der Waals surface area contributed by atoms with Crippen LogP contribution in [0, 0.1) is 5.41 Å². The van der Waals surface area contributed by atoms with E-state index in [4.69, 9.17) is 5.73 Å². The van der Waals surface area contributed by atoms with Crippen LogP contribution in [-0.2, 0) is 6.42 Å². The molecule has 0 spiro atoms. The van der Waals surface area contributed by atoms with Crippen LogP contribution < -0.4 is 11.1 Å². The van der Waals surface area contributed by atoms with E-state index < -0.39 is 0 Å². The van der Waals surface area contributed by atoms with E-state index in [1.165, 1.54) is 0 Å². The minimum absolute atomic E-state index is 0.323. The van der Waals surface area contributed by atoms with Crippen LogP contribution in [0.15, 0.2) is 18.3 Å². The van der Waals surface area contributed by atoms with Crippen molar-refractivity contribution in [1.29, 1.82) is 0 Å². The second kappa shape index (κ2) is 6.01. The highest BCUT2D eigenvalue weighted by molar-refractivity contribution is 5.38. The Morgan fingerprint density at radius 1 is 1.41 bits per heavy atom. The SMILES string of the molecule is CCNC(Cc1cccnc1N)CC(C)(C)C. The van der Waals surface area contributed by atoms with E-state index in [-0.39, 0.29) is 0 Å². The van der Waals surface area contributed by atoms with Crippen LogP contribution in [0.25, 0.3) is 0 Å². The van der Waals surface area contributed by atoms with Crippen molar-refractivity contribution in [2.75, 3.05) is 12.3 Å². The Kier molecular flexibility index (Phi) is 4.94. The average molecular weight is 235 g/mol. The average Bonchev–Trinajstić information content (AvgIpc) is 2.19. The molecule has 1 aromatic heterocycles. The van der Waals surface area contributed by atoms with Crippen LogP contribution in [0.2, 0.25) is 0 Å². The smallest absolute Gasteiger partial charge is 0.126 e. The standard InChI is InChI=1S/C14H25N3/c1-5-16-12(10-14(2,3)4)9-11-7-6-8-17-13(11)15/h6-8,12,16H,5,9-10H2,1-4H3,(H2,15,17). The highest BCUT2D eigenvalue weighted by Crippen LogP contribution is 2.23. The van der Waals surface area contributed by atoms with Gasteiger partial charge in [0.05, 0.1) is 0 Å². The molecule has 1 aromatic rings. The number of likely N-dealkylation sites (N-methyl/N-ethyl adjacent to an activating group) is 1. The predicted octanol–water partition coefficient (Wildman–Crippen LogP) is 2.62. The van der Waals surface area contributed by atoms with Crippen LogP contribution in [-0.4, -0.2) is 17.6 Å². The molecule has 96 valence electrons. The number of nitrogens with one attached hydrogen (secondary N) is 1. The van der Waals surface area contributed by atoms with E-state index in [0.29, 0.717) is 17.3 Å². The van der Waals surface area contributed by atoms with Gasteiger partial charge in [0.1, 0.15) is 5.82 Å². The van der Waals surface area contributed by atoms with E-state index in [1.54, 1.807) is 6.20 Å². The number of hydrogen-bond acceptors (Lipinski definition) is 3. The van der Waals surface area contributed by atoms with Crippen molar-refractivity contribution >= 4 is 5.82 Å². The number of nitrogens with two attached hydrogens (primary N) is 1. The Bertz CT molecular complexity index is 342. The summed E-state index contributed by atoms with van der Waals surface area (Å²) in [5.74, 6) is 0.657. The minimum atomic E-state index is 0.323. The maximum absolute atomic E-state index is 5.89. The van der Waals surface area contributed by atoms with Gasteiger partial charge >= 0.3 is 0 Å². The second-order valence-electron chi connectivity index (χ2n) is 5.77. The van der Waals surface area contributed by atoms with Gasteiger partial charge in [-0.15, -0.1) is 0 Å². The Balaban J connectivity index is 2.70. The summed E-state index contributed by atoms with van der Waals surface area (Å²) >= 11 is 0. The number of hydrogen-bond donors (Lipinski definition) is 2. The molecule has 3 heteroatoms. The fourth-order valence-corrected chi connectivity index (χ4v) is 2.13. The number of pyridine rings is 1. The van der Waals surface area contributed by atoms with Crippen molar-refractivity contribution < 1.29 is 0 Å². The summed E-state index contributed by atoms with van der Waals surface area (Å²) in [4.78, 5) is 4.14. The van der Waals surface area contributed by atoms with Gasteiger partial charge in [-0.05, 0) is 36.4 Å². The number of nitrogen functional groups attached to an aromatic ring is 1. The maximum atomic E-state index is 5.89. The summed E-state index contributed by atoms with van der Waals surface area (Å²) in [6.07, 6.45) is 3.82. The van der Waals surface area contributed by atoms with Crippen molar-refractivity contribution in [2.24, 2.45) is 5.41 Å². The lowest BCUT2D eigenvalue weighted by Gasteiger charge is -2.27. The van der Waals surface area contributed by atoms with Gasteiger partial charge in [-0.2, -0.15) is 0 Å². The molecule has 1 rings (SSSR count). The quantitative estimate of drug-likeness (QED) is 0.825. The van der Waals surface area contributed by atoms with Gasteiger partial charge in [0.2, 0.25) is 0 Å². The van der Waals surface area contributed by atoms with Crippen molar-refractivity contribution in [2.45, 2.75) is 46.6 Å². The predicted molar refractivity (Wildman–Crippen MR) is 73.9 cm³/mol. The molecule has 0 aromatic carbocycles. The first-order chi connectivity index (χ1) is 7.92. The van der Waals surface area contributed by atoms with Crippen LogP contribution in [0.1, 0.15) is 39.7 Å². The second-order valence-corrected chi connectivity index (χ2v) is 5.77. The molecule has 0 fully saturated rings. The first-order valence-corrected chi connectivity index (χ1v) is 6.35. The van der Waals surface area contributed by atoms with Crippen molar-refractivity contribution in [1.82, 2.24) is 10.3 Å². The zero-order valence-electron chi connectivity index (χ0n) is 11.5. The number of rotatable bonds is 5. The molecule has 0 bridgehead atoms. The van der Waals surface area contributed by atoms with Gasteiger partial charge in [0.25, 0.3) is 0 Å². The van der Waals surface area contributed by atoms with Crippen molar-refractivity contribution in [3.8, 4) is 0 Å². The highest BCUT2D eigenvalue weighted by atomic mass is 14.9. The molecule has 1 atom stereocenters. The van der Waals surface area contributed by atoms with E-state index in [1.807, 2.05) is 6.07 Å². The third-order valence-corrected chi connectivity index (χ3v) is 2.74. The van der Waals surface area contributed by atoms with E-state index in [2.05, 4.69) is 44.1 Å². The number of nitrogens with zero attached hydrogens (tertiary/aromatic N) is 1. The van der Waals surface area contributed by atoms with E-state index >= 15 is 0 Å². The van der Waals surface area contributed by atoms with Crippen LogP contribution in [0.5, 0.6) is 0 Å². The summed E-state index contributed by atoms with van der Waals surface area (Å²) in [5, 5.41) is 3.53. The molecule has 0 amide bonds. The fraction of sp³-hybridized carbons (Fsp3) is 0.643. The maximum Gasteiger partial charge on any atom is 0.126 e. The molecule has 0 saturated heterocycles.